The van der Waals surface area contributed by atoms with Crippen molar-refractivity contribution in [3.05, 3.63) is 12.7 Å². The third-order valence-electron chi connectivity index (χ3n) is 0.656. The normalized spacial score (nSPS) is 13.4. The van der Waals surface area contributed by atoms with Crippen LogP contribution < -0.4 is 17.0 Å². The van der Waals surface area contributed by atoms with Crippen LogP contribution in [-0.4, -0.2) is 12.6 Å². The van der Waals surface area contributed by atoms with Crippen molar-refractivity contribution in [2.75, 3.05) is 6.54 Å². The maximum atomic E-state index is 5.32. The summed E-state index contributed by atoms with van der Waals surface area (Å²) >= 11 is 0. The van der Waals surface area contributed by atoms with Crippen molar-refractivity contribution in [3.8, 4) is 0 Å². The van der Waals surface area contributed by atoms with E-state index in [1.807, 2.05) is 0 Å². The highest BCUT2D eigenvalue weighted by Gasteiger charge is 1.88. The SMILES string of the molecule is C=CC(N)CNN. The van der Waals surface area contributed by atoms with Crippen molar-refractivity contribution < 1.29 is 0 Å². The van der Waals surface area contributed by atoms with Crippen molar-refractivity contribution >= 4 is 0 Å². The molecule has 0 aliphatic rings. The van der Waals surface area contributed by atoms with Crippen molar-refractivity contribution in [3.63, 3.8) is 0 Å². The Morgan fingerprint density at radius 1 is 1.86 bits per heavy atom. The largest absolute Gasteiger partial charge is 0.323 e. The zero-order valence-corrected chi connectivity index (χ0v) is 4.22. The van der Waals surface area contributed by atoms with Crippen molar-refractivity contribution in [2.24, 2.45) is 11.6 Å². The Hall–Kier alpha value is -0.380. The first-order chi connectivity index (χ1) is 3.31. The van der Waals surface area contributed by atoms with E-state index in [9.17, 15) is 0 Å². The summed E-state index contributed by atoms with van der Waals surface area (Å²) in [5.74, 6) is 4.93. The molecule has 3 nitrogen and oxygen atoms in total. The van der Waals surface area contributed by atoms with E-state index in [1.165, 1.54) is 0 Å². The molecule has 0 aromatic carbocycles. The second-order valence-electron chi connectivity index (χ2n) is 1.31. The van der Waals surface area contributed by atoms with Crippen LogP contribution in [0.15, 0.2) is 12.7 Å². The van der Waals surface area contributed by atoms with Gasteiger partial charge in [0, 0.05) is 12.6 Å². The van der Waals surface area contributed by atoms with Gasteiger partial charge in [-0.2, -0.15) is 0 Å². The number of hydrogen-bond donors (Lipinski definition) is 3. The molecule has 0 aromatic rings. The topological polar surface area (TPSA) is 64.1 Å². The smallest absolute Gasteiger partial charge is 0.0362 e. The summed E-state index contributed by atoms with van der Waals surface area (Å²) in [5.41, 5.74) is 7.75. The fraction of sp³-hybridized carbons (Fsp3) is 0.500. The van der Waals surface area contributed by atoms with E-state index in [4.69, 9.17) is 11.6 Å². The van der Waals surface area contributed by atoms with Gasteiger partial charge in [-0.1, -0.05) is 6.08 Å². The maximum absolute atomic E-state index is 5.32. The molecule has 1 unspecified atom stereocenters. The van der Waals surface area contributed by atoms with Gasteiger partial charge in [0.2, 0.25) is 0 Å². The highest BCUT2D eigenvalue weighted by molar-refractivity contribution is 4.82. The molecule has 1 atom stereocenters. The maximum Gasteiger partial charge on any atom is 0.0362 e. The standard InChI is InChI=1S/C4H11N3/c1-2-4(5)3-7-6/h2,4,7H,1,3,5-6H2. The molecule has 42 valence electrons. The zero-order valence-electron chi connectivity index (χ0n) is 4.22. The molecule has 0 saturated carbocycles. The van der Waals surface area contributed by atoms with Gasteiger partial charge in [0.15, 0.2) is 0 Å². The van der Waals surface area contributed by atoms with E-state index in [1.54, 1.807) is 6.08 Å². The average molecular weight is 101 g/mol. The van der Waals surface area contributed by atoms with Crippen LogP contribution >= 0.6 is 0 Å². The van der Waals surface area contributed by atoms with E-state index >= 15 is 0 Å². The van der Waals surface area contributed by atoms with Gasteiger partial charge >= 0.3 is 0 Å². The van der Waals surface area contributed by atoms with E-state index in [0.29, 0.717) is 6.54 Å². The lowest BCUT2D eigenvalue weighted by atomic mass is 10.3. The van der Waals surface area contributed by atoms with Gasteiger partial charge in [-0.25, -0.2) is 0 Å². The molecular weight excluding hydrogens is 90.1 g/mol. The van der Waals surface area contributed by atoms with Gasteiger partial charge in [0.05, 0.1) is 0 Å². The van der Waals surface area contributed by atoms with Gasteiger partial charge in [0.25, 0.3) is 0 Å². The molecule has 7 heavy (non-hydrogen) atoms. The van der Waals surface area contributed by atoms with Crippen LogP contribution in [0.25, 0.3) is 0 Å². The lowest BCUT2D eigenvalue weighted by Gasteiger charge is -2.00. The van der Waals surface area contributed by atoms with Gasteiger partial charge in [-0.3, -0.25) is 11.3 Å². The predicted octanol–water partition coefficient (Wildman–Crippen LogP) is -1.04. The third-order valence-corrected chi connectivity index (χ3v) is 0.656. The number of rotatable bonds is 3. The summed E-state index contributed by atoms with van der Waals surface area (Å²) in [6.07, 6.45) is 1.64. The first-order valence-corrected chi connectivity index (χ1v) is 2.13. The summed E-state index contributed by atoms with van der Waals surface area (Å²) in [7, 11) is 0. The molecule has 0 radical (unpaired) electrons. The van der Waals surface area contributed by atoms with Crippen LogP contribution in [0.4, 0.5) is 0 Å². The second kappa shape index (κ2) is 3.80. The molecule has 0 spiro atoms. The average Bonchev–Trinajstić information content (AvgIpc) is 1.68. The molecule has 0 aliphatic carbocycles. The van der Waals surface area contributed by atoms with Crippen LogP contribution in [0.1, 0.15) is 0 Å². The van der Waals surface area contributed by atoms with E-state index in [0.717, 1.165) is 0 Å². The van der Waals surface area contributed by atoms with E-state index in [-0.39, 0.29) is 6.04 Å². The highest BCUT2D eigenvalue weighted by atomic mass is 15.2. The minimum atomic E-state index is -0.0231. The van der Waals surface area contributed by atoms with Crippen LogP contribution in [0.2, 0.25) is 0 Å². The summed E-state index contributed by atoms with van der Waals surface area (Å²) < 4.78 is 0. The van der Waals surface area contributed by atoms with Crippen LogP contribution in [0.3, 0.4) is 0 Å². The van der Waals surface area contributed by atoms with E-state index < -0.39 is 0 Å². The second-order valence-corrected chi connectivity index (χ2v) is 1.31. The predicted molar refractivity (Wildman–Crippen MR) is 30.4 cm³/mol. The first kappa shape index (κ1) is 6.62. The Morgan fingerprint density at radius 2 is 2.43 bits per heavy atom. The lowest BCUT2D eigenvalue weighted by molar-refractivity contribution is 0.670. The molecule has 0 aliphatic heterocycles. The zero-order chi connectivity index (χ0) is 5.70. The molecular formula is C4H11N3. The molecule has 0 rings (SSSR count). The highest BCUT2D eigenvalue weighted by Crippen LogP contribution is 1.70. The Kier molecular flexibility index (Phi) is 3.59. The summed E-state index contributed by atoms with van der Waals surface area (Å²) in [4.78, 5) is 0. The fourth-order valence-corrected chi connectivity index (χ4v) is 0.219. The molecule has 0 heterocycles. The lowest BCUT2D eigenvalue weighted by Crippen LogP contribution is -2.35. The van der Waals surface area contributed by atoms with Crippen molar-refractivity contribution in [2.45, 2.75) is 6.04 Å². The Morgan fingerprint density at radius 3 is 2.57 bits per heavy atom. The van der Waals surface area contributed by atoms with Gasteiger partial charge in [0.1, 0.15) is 0 Å². The summed E-state index contributed by atoms with van der Waals surface area (Å²) in [6, 6.07) is -0.0231. The fourth-order valence-electron chi connectivity index (χ4n) is 0.219. The van der Waals surface area contributed by atoms with E-state index in [2.05, 4.69) is 12.0 Å². The molecule has 0 aromatic heterocycles. The van der Waals surface area contributed by atoms with Gasteiger partial charge in [-0.05, 0) is 0 Å². The molecule has 0 amide bonds. The van der Waals surface area contributed by atoms with Crippen LogP contribution in [0.5, 0.6) is 0 Å². The van der Waals surface area contributed by atoms with Crippen LogP contribution in [0, 0.1) is 0 Å². The summed E-state index contributed by atoms with van der Waals surface area (Å²) in [6.45, 7) is 4.05. The number of hydrazine groups is 1. The minimum absolute atomic E-state index is 0.0231. The molecule has 0 bridgehead atoms. The third kappa shape index (κ3) is 3.45. The molecule has 3 heteroatoms. The monoisotopic (exact) mass is 101 g/mol. The van der Waals surface area contributed by atoms with Crippen LogP contribution in [-0.2, 0) is 0 Å². The molecule has 5 N–H and O–H groups in total. The number of nitrogens with one attached hydrogen (secondary N) is 1. The van der Waals surface area contributed by atoms with Gasteiger partial charge < -0.3 is 5.73 Å². The minimum Gasteiger partial charge on any atom is -0.323 e. The van der Waals surface area contributed by atoms with Gasteiger partial charge in [-0.15, -0.1) is 6.58 Å². The van der Waals surface area contributed by atoms with Crippen molar-refractivity contribution in [1.29, 1.82) is 0 Å². The first-order valence-electron chi connectivity index (χ1n) is 2.13. The molecule has 0 fully saturated rings. The Bertz CT molecular complexity index is 52.9. The quantitative estimate of drug-likeness (QED) is 0.242. The Labute approximate surface area is 43.3 Å². The number of hydrogen-bond acceptors (Lipinski definition) is 3. The van der Waals surface area contributed by atoms with Crippen molar-refractivity contribution in [1.82, 2.24) is 5.43 Å². The summed E-state index contributed by atoms with van der Waals surface area (Å²) in [5, 5.41) is 0. The Balaban J connectivity index is 2.98. The number of nitrogens with two attached hydrogens (primary N) is 2. The molecule has 0 saturated heterocycles.